The Morgan fingerprint density at radius 1 is 0.241 bits per heavy atom. The van der Waals surface area contributed by atoms with Crippen LogP contribution in [0.5, 0.6) is 0 Å². The van der Waals surface area contributed by atoms with Crippen molar-refractivity contribution in [1.82, 2.24) is 9.13 Å². The van der Waals surface area contributed by atoms with Gasteiger partial charge in [-0.25, -0.2) is 0 Å². The van der Waals surface area contributed by atoms with Gasteiger partial charge in [-0.15, -0.1) is 0 Å². The molecule has 252 valence electrons. The van der Waals surface area contributed by atoms with Gasteiger partial charge >= 0.3 is 0 Å². The van der Waals surface area contributed by atoms with Crippen LogP contribution >= 0.6 is 0 Å². The van der Waals surface area contributed by atoms with Crippen LogP contribution in [-0.4, -0.2) is 9.13 Å². The van der Waals surface area contributed by atoms with Gasteiger partial charge in [0.05, 0.1) is 22.1 Å². The fraction of sp³-hybridized carbons (Fsp3) is 0. The first kappa shape index (κ1) is 30.5. The molecule has 0 amide bonds. The molecule has 0 unspecified atom stereocenters. The largest absolute Gasteiger partial charge is 0.309 e. The van der Waals surface area contributed by atoms with E-state index in [-0.39, 0.29) is 0 Å². The minimum absolute atomic E-state index is 1.15. The third-order valence-corrected chi connectivity index (χ3v) is 11.1. The summed E-state index contributed by atoms with van der Waals surface area (Å²) in [5.74, 6) is 0. The average molecular weight is 687 g/mol. The summed E-state index contributed by atoms with van der Waals surface area (Å²) in [5, 5.41) is 7.50. The van der Waals surface area contributed by atoms with Crippen molar-refractivity contribution in [2.24, 2.45) is 0 Å². The Kier molecular flexibility index (Phi) is 6.90. The van der Waals surface area contributed by atoms with Crippen molar-refractivity contribution in [1.29, 1.82) is 0 Å². The van der Waals surface area contributed by atoms with E-state index in [9.17, 15) is 0 Å². The molecule has 0 saturated carbocycles. The van der Waals surface area contributed by atoms with Gasteiger partial charge in [0.25, 0.3) is 0 Å². The summed E-state index contributed by atoms with van der Waals surface area (Å²) < 4.78 is 4.83. The van der Waals surface area contributed by atoms with E-state index < -0.39 is 0 Å². The maximum atomic E-state index is 2.45. The lowest BCUT2D eigenvalue weighted by Crippen LogP contribution is -1.96. The molecular weight excluding hydrogens is 653 g/mol. The SMILES string of the molecule is c1ccc(-c2cc(-c3cccc4ccccc34)cc(-n3c4ccccc4c4cc(-c5ccc6c(c5)c5ccccc5n6-c5ccccc5)ccc43)c2)cc1. The number of hydrogen-bond acceptors (Lipinski definition) is 0. The molecule has 0 N–H and O–H groups in total. The second-order valence-corrected chi connectivity index (χ2v) is 14.2. The van der Waals surface area contributed by atoms with Crippen LogP contribution in [0.15, 0.2) is 206 Å². The van der Waals surface area contributed by atoms with Crippen molar-refractivity contribution in [2.45, 2.75) is 0 Å². The molecule has 0 atom stereocenters. The second-order valence-electron chi connectivity index (χ2n) is 14.2. The molecule has 2 heterocycles. The predicted octanol–water partition coefficient (Wildman–Crippen LogP) is 14.0. The van der Waals surface area contributed by atoms with Crippen molar-refractivity contribution < 1.29 is 0 Å². The first-order chi connectivity index (χ1) is 26.8. The summed E-state index contributed by atoms with van der Waals surface area (Å²) >= 11 is 0. The van der Waals surface area contributed by atoms with E-state index in [1.54, 1.807) is 0 Å². The number of benzene rings is 9. The zero-order chi connectivity index (χ0) is 35.6. The lowest BCUT2D eigenvalue weighted by atomic mass is 9.94. The summed E-state index contributed by atoms with van der Waals surface area (Å²) in [6, 6.07) is 75.3. The van der Waals surface area contributed by atoms with Gasteiger partial charge in [-0.2, -0.15) is 0 Å². The third kappa shape index (κ3) is 4.81. The minimum atomic E-state index is 1.15. The highest BCUT2D eigenvalue weighted by Crippen LogP contribution is 2.40. The van der Waals surface area contributed by atoms with Gasteiger partial charge in [-0.05, 0) is 111 Å². The molecule has 9 aromatic carbocycles. The molecule has 0 fully saturated rings. The number of hydrogen-bond donors (Lipinski definition) is 0. The van der Waals surface area contributed by atoms with Gasteiger partial charge < -0.3 is 9.13 Å². The van der Waals surface area contributed by atoms with E-state index in [4.69, 9.17) is 0 Å². The van der Waals surface area contributed by atoms with E-state index in [1.807, 2.05) is 0 Å². The van der Waals surface area contributed by atoms with Gasteiger partial charge in [0.1, 0.15) is 0 Å². The second kappa shape index (κ2) is 12.2. The standard InChI is InChI=1S/C52H34N2/c1-3-14-35(15-4-1)39-30-40(44-23-13-17-36-16-7-8-20-43(36)44)32-42(31-39)54-50-25-12-10-22-46(50)48-34-38(27-29-52(48)54)37-26-28-51-47(33-37)45-21-9-11-24-49(45)53(51)41-18-5-2-6-19-41/h1-34H. The number of rotatable bonds is 5. The zero-order valence-electron chi connectivity index (χ0n) is 29.5. The van der Waals surface area contributed by atoms with E-state index in [1.165, 1.54) is 93.5 Å². The molecule has 0 aliphatic carbocycles. The quantitative estimate of drug-likeness (QED) is 0.171. The van der Waals surface area contributed by atoms with Crippen molar-refractivity contribution in [2.75, 3.05) is 0 Å². The van der Waals surface area contributed by atoms with Gasteiger partial charge in [0, 0.05) is 32.9 Å². The van der Waals surface area contributed by atoms with Crippen LogP contribution in [0.3, 0.4) is 0 Å². The Balaban J connectivity index is 1.12. The van der Waals surface area contributed by atoms with Crippen LogP contribution in [0, 0.1) is 0 Å². The molecule has 0 radical (unpaired) electrons. The molecular formula is C52H34N2. The first-order valence-corrected chi connectivity index (χ1v) is 18.6. The average Bonchev–Trinajstić information content (AvgIpc) is 3.76. The lowest BCUT2D eigenvalue weighted by molar-refractivity contribution is 1.18. The van der Waals surface area contributed by atoms with Crippen LogP contribution in [0.1, 0.15) is 0 Å². The molecule has 0 saturated heterocycles. The first-order valence-electron chi connectivity index (χ1n) is 18.6. The van der Waals surface area contributed by atoms with Crippen LogP contribution in [0.4, 0.5) is 0 Å². The van der Waals surface area contributed by atoms with Crippen molar-refractivity contribution >= 4 is 54.4 Å². The Hall–Kier alpha value is -7.16. The van der Waals surface area contributed by atoms with Gasteiger partial charge in [0.15, 0.2) is 0 Å². The normalized spacial score (nSPS) is 11.7. The maximum absolute atomic E-state index is 2.45. The van der Waals surface area contributed by atoms with Crippen LogP contribution in [-0.2, 0) is 0 Å². The topological polar surface area (TPSA) is 9.86 Å². The fourth-order valence-electron chi connectivity index (χ4n) is 8.61. The molecule has 0 bridgehead atoms. The molecule has 11 aromatic rings. The molecule has 2 heteroatoms. The Morgan fingerprint density at radius 3 is 1.41 bits per heavy atom. The number of para-hydroxylation sites is 3. The number of fused-ring (bicyclic) bond motifs is 7. The Morgan fingerprint density at radius 2 is 0.741 bits per heavy atom. The summed E-state index contributed by atoms with van der Waals surface area (Å²) in [6.07, 6.45) is 0. The Bertz CT molecular complexity index is 3200. The summed E-state index contributed by atoms with van der Waals surface area (Å²) in [5.41, 5.74) is 14.4. The highest BCUT2D eigenvalue weighted by molar-refractivity contribution is 6.13. The van der Waals surface area contributed by atoms with Crippen LogP contribution < -0.4 is 0 Å². The van der Waals surface area contributed by atoms with Crippen LogP contribution in [0.2, 0.25) is 0 Å². The molecule has 0 aliphatic heterocycles. The molecule has 0 spiro atoms. The van der Waals surface area contributed by atoms with Crippen LogP contribution in [0.25, 0.3) is 99.1 Å². The summed E-state index contributed by atoms with van der Waals surface area (Å²) in [6.45, 7) is 0. The van der Waals surface area contributed by atoms with E-state index in [0.717, 1.165) is 5.69 Å². The number of nitrogens with zero attached hydrogens (tertiary/aromatic N) is 2. The van der Waals surface area contributed by atoms with Crippen molar-refractivity contribution in [3.8, 4) is 44.8 Å². The third-order valence-electron chi connectivity index (χ3n) is 11.1. The molecule has 11 rings (SSSR count). The van der Waals surface area contributed by atoms with E-state index >= 15 is 0 Å². The number of aromatic nitrogens is 2. The predicted molar refractivity (Wildman–Crippen MR) is 229 cm³/mol. The Labute approximate surface area is 313 Å². The van der Waals surface area contributed by atoms with Crippen molar-refractivity contribution in [3.63, 3.8) is 0 Å². The lowest BCUT2D eigenvalue weighted by Gasteiger charge is -2.15. The molecule has 0 aliphatic rings. The molecule has 54 heavy (non-hydrogen) atoms. The van der Waals surface area contributed by atoms with E-state index in [2.05, 4.69) is 215 Å². The minimum Gasteiger partial charge on any atom is -0.309 e. The highest BCUT2D eigenvalue weighted by atomic mass is 15.0. The fourth-order valence-corrected chi connectivity index (χ4v) is 8.61. The molecule has 2 aromatic heterocycles. The van der Waals surface area contributed by atoms with Gasteiger partial charge in [0.2, 0.25) is 0 Å². The highest BCUT2D eigenvalue weighted by Gasteiger charge is 2.17. The van der Waals surface area contributed by atoms with Gasteiger partial charge in [-0.3, -0.25) is 0 Å². The maximum Gasteiger partial charge on any atom is 0.0541 e. The summed E-state index contributed by atoms with van der Waals surface area (Å²) in [7, 11) is 0. The monoisotopic (exact) mass is 686 g/mol. The summed E-state index contributed by atoms with van der Waals surface area (Å²) in [4.78, 5) is 0. The zero-order valence-corrected chi connectivity index (χ0v) is 29.5. The van der Waals surface area contributed by atoms with Crippen molar-refractivity contribution in [3.05, 3.63) is 206 Å². The molecule has 2 nitrogen and oxygen atoms in total. The smallest absolute Gasteiger partial charge is 0.0541 e. The van der Waals surface area contributed by atoms with E-state index in [0.29, 0.717) is 0 Å². The van der Waals surface area contributed by atoms with Gasteiger partial charge in [-0.1, -0.05) is 140 Å².